The molecule has 0 spiro atoms. The van der Waals surface area contributed by atoms with Gasteiger partial charge in [0.2, 0.25) is 0 Å². The Hall–Kier alpha value is -3.44. The van der Waals surface area contributed by atoms with Crippen LogP contribution in [0.5, 0.6) is 0 Å². The Balaban J connectivity index is 4.32. The molecule has 1 unspecified atom stereocenters. The molecule has 0 aliphatic rings. The van der Waals surface area contributed by atoms with Crippen LogP contribution in [-0.4, -0.2) is 37.9 Å². The molecule has 66 heavy (non-hydrogen) atoms. The Morgan fingerprint density at radius 1 is 0.348 bits per heavy atom. The second-order valence-electron chi connectivity index (χ2n) is 17.7. The molecule has 0 bridgehead atoms. The summed E-state index contributed by atoms with van der Waals surface area (Å²) >= 11 is 0. The number of hydrogen-bond acceptors (Lipinski definition) is 5. The van der Waals surface area contributed by atoms with Crippen LogP contribution in [0, 0.1) is 0 Å². The zero-order valence-corrected chi connectivity index (χ0v) is 43.2. The Labute approximate surface area is 408 Å². The highest BCUT2D eigenvalue weighted by atomic mass is 16.6. The van der Waals surface area contributed by atoms with Crippen LogP contribution in [0.1, 0.15) is 239 Å². The van der Waals surface area contributed by atoms with Gasteiger partial charge in [-0.3, -0.25) is 9.59 Å². The SMILES string of the molecule is CC/C=C\C/C=C\C/C=C\C/C=C\CCCCCCCCC(=O)OCC(COCCCCCCCCCC/C=C\C/C=C\C/C=C\CC)OC(=O)CCCCCCC/C=C\C/C=C\CCC. The van der Waals surface area contributed by atoms with E-state index >= 15 is 0 Å². The van der Waals surface area contributed by atoms with Crippen molar-refractivity contribution in [3.05, 3.63) is 109 Å². The normalized spacial score (nSPS) is 13.1. The van der Waals surface area contributed by atoms with Gasteiger partial charge in [-0.05, 0) is 116 Å². The lowest BCUT2D eigenvalue weighted by Crippen LogP contribution is -2.30. The maximum atomic E-state index is 12.8. The zero-order chi connectivity index (χ0) is 47.7. The molecule has 0 aromatic heterocycles. The third kappa shape index (κ3) is 53.2. The molecule has 0 saturated heterocycles. The van der Waals surface area contributed by atoms with Crippen LogP contribution in [0.4, 0.5) is 0 Å². The average molecular weight is 915 g/mol. The van der Waals surface area contributed by atoms with E-state index in [2.05, 4.69) is 130 Å². The molecule has 5 nitrogen and oxygen atoms in total. The number of carbonyl (C=O) groups is 2. The van der Waals surface area contributed by atoms with E-state index in [1.165, 1.54) is 83.5 Å². The number of esters is 2. The van der Waals surface area contributed by atoms with Crippen molar-refractivity contribution in [1.29, 1.82) is 0 Å². The first-order valence-electron chi connectivity index (χ1n) is 27.4. The lowest BCUT2D eigenvalue weighted by atomic mass is 10.1. The summed E-state index contributed by atoms with van der Waals surface area (Å²) in [6.45, 7) is 7.50. The van der Waals surface area contributed by atoms with Crippen molar-refractivity contribution < 1.29 is 23.8 Å². The molecule has 0 aliphatic carbocycles. The topological polar surface area (TPSA) is 61.8 Å². The van der Waals surface area contributed by atoms with Gasteiger partial charge < -0.3 is 14.2 Å². The van der Waals surface area contributed by atoms with Crippen molar-refractivity contribution in [3.63, 3.8) is 0 Å². The minimum absolute atomic E-state index is 0.0631. The number of unbranched alkanes of at least 4 members (excludes halogenated alkanes) is 20. The van der Waals surface area contributed by atoms with Crippen LogP contribution in [0.3, 0.4) is 0 Å². The van der Waals surface area contributed by atoms with Crippen molar-refractivity contribution in [2.75, 3.05) is 19.8 Å². The van der Waals surface area contributed by atoms with E-state index in [1.54, 1.807) is 0 Å². The second kappa shape index (κ2) is 55.9. The van der Waals surface area contributed by atoms with Crippen LogP contribution in [-0.2, 0) is 23.8 Å². The smallest absolute Gasteiger partial charge is 0.306 e. The fourth-order valence-corrected chi connectivity index (χ4v) is 7.26. The molecule has 0 radical (unpaired) electrons. The maximum absolute atomic E-state index is 12.8. The molecule has 376 valence electrons. The first-order chi connectivity index (χ1) is 32.6. The van der Waals surface area contributed by atoms with E-state index in [-0.39, 0.29) is 25.2 Å². The van der Waals surface area contributed by atoms with Gasteiger partial charge in [0, 0.05) is 19.4 Å². The Bertz CT molecular complexity index is 1310. The Kier molecular flexibility index (Phi) is 53.0. The number of ether oxygens (including phenoxy) is 3. The molecule has 0 rings (SSSR count). The monoisotopic (exact) mass is 915 g/mol. The van der Waals surface area contributed by atoms with Gasteiger partial charge in [0.25, 0.3) is 0 Å². The summed E-state index contributed by atoms with van der Waals surface area (Å²) in [5.74, 6) is -0.437. The van der Waals surface area contributed by atoms with Gasteiger partial charge >= 0.3 is 11.9 Å². The van der Waals surface area contributed by atoms with Gasteiger partial charge in [0.15, 0.2) is 6.10 Å². The number of hydrogen-bond donors (Lipinski definition) is 0. The molecule has 0 amide bonds. The quantitative estimate of drug-likeness (QED) is 0.0346. The Morgan fingerprint density at radius 2 is 0.682 bits per heavy atom. The first kappa shape index (κ1) is 62.6. The van der Waals surface area contributed by atoms with E-state index in [0.717, 1.165) is 122 Å². The summed E-state index contributed by atoms with van der Waals surface area (Å²) in [7, 11) is 0. The fourth-order valence-electron chi connectivity index (χ4n) is 7.26. The lowest BCUT2D eigenvalue weighted by Gasteiger charge is -2.18. The Morgan fingerprint density at radius 3 is 1.09 bits per heavy atom. The minimum atomic E-state index is -0.561. The van der Waals surface area contributed by atoms with Crippen molar-refractivity contribution >= 4 is 11.9 Å². The summed E-state index contributed by atoms with van der Waals surface area (Å²) in [5, 5.41) is 0. The van der Waals surface area contributed by atoms with E-state index in [9.17, 15) is 9.59 Å². The van der Waals surface area contributed by atoms with Crippen molar-refractivity contribution in [2.24, 2.45) is 0 Å². The minimum Gasteiger partial charge on any atom is -0.462 e. The largest absolute Gasteiger partial charge is 0.462 e. The number of allylic oxidation sites excluding steroid dienone is 18. The molecule has 0 N–H and O–H groups in total. The van der Waals surface area contributed by atoms with Gasteiger partial charge in [0.05, 0.1) is 6.61 Å². The summed E-state index contributed by atoms with van der Waals surface area (Å²) < 4.78 is 17.4. The van der Waals surface area contributed by atoms with Gasteiger partial charge in [0.1, 0.15) is 6.61 Å². The van der Waals surface area contributed by atoms with Gasteiger partial charge in [-0.2, -0.15) is 0 Å². The van der Waals surface area contributed by atoms with Crippen molar-refractivity contribution in [3.8, 4) is 0 Å². The lowest BCUT2D eigenvalue weighted by molar-refractivity contribution is -0.163. The summed E-state index contributed by atoms with van der Waals surface area (Å²) in [6, 6.07) is 0. The average Bonchev–Trinajstić information content (AvgIpc) is 3.32. The third-order valence-corrected chi connectivity index (χ3v) is 11.3. The van der Waals surface area contributed by atoms with Crippen molar-refractivity contribution in [1.82, 2.24) is 0 Å². The number of rotatable bonds is 49. The molecule has 0 aromatic carbocycles. The van der Waals surface area contributed by atoms with E-state index in [0.29, 0.717) is 19.4 Å². The van der Waals surface area contributed by atoms with E-state index in [1.807, 2.05) is 0 Å². The number of carbonyl (C=O) groups excluding carboxylic acids is 2. The van der Waals surface area contributed by atoms with Crippen LogP contribution < -0.4 is 0 Å². The molecular formula is C61H102O5. The maximum Gasteiger partial charge on any atom is 0.306 e. The third-order valence-electron chi connectivity index (χ3n) is 11.3. The first-order valence-corrected chi connectivity index (χ1v) is 27.4. The molecule has 0 heterocycles. The predicted molar refractivity (Wildman–Crippen MR) is 288 cm³/mol. The molecule has 1 atom stereocenters. The fraction of sp³-hybridized carbons (Fsp3) is 0.672. The highest BCUT2D eigenvalue weighted by Gasteiger charge is 2.17. The van der Waals surface area contributed by atoms with Crippen LogP contribution >= 0.6 is 0 Å². The van der Waals surface area contributed by atoms with Gasteiger partial charge in [-0.25, -0.2) is 0 Å². The summed E-state index contributed by atoms with van der Waals surface area (Å²) in [4.78, 5) is 25.5. The van der Waals surface area contributed by atoms with Gasteiger partial charge in [-0.15, -0.1) is 0 Å². The summed E-state index contributed by atoms with van der Waals surface area (Å²) in [6.07, 6.45) is 76.7. The van der Waals surface area contributed by atoms with Crippen LogP contribution in [0.2, 0.25) is 0 Å². The molecule has 0 saturated carbocycles. The van der Waals surface area contributed by atoms with Gasteiger partial charge in [-0.1, -0.05) is 220 Å². The molecule has 0 aromatic rings. The second-order valence-corrected chi connectivity index (χ2v) is 17.7. The van der Waals surface area contributed by atoms with Crippen LogP contribution in [0.15, 0.2) is 109 Å². The molecular weight excluding hydrogens is 813 g/mol. The van der Waals surface area contributed by atoms with Crippen LogP contribution in [0.25, 0.3) is 0 Å². The zero-order valence-electron chi connectivity index (χ0n) is 43.2. The van der Waals surface area contributed by atoms with E-state index in [4.69, 9.17) is 14.2 Å². The standard InChI is InChI=1S/C61H102O5/c1-4-7-10-13-16-19-22-25-27-29-31-32-34-37-39-42-45-48-51-54-60(62)65-58-59(66-61(63)55-52-49-46-43-40-36-24-21-18-15-12-9-6-3)57-64-56-53-50-47-44-41-38-35-33-30-28-26-23-20-17-14-11-8-5-2/h7-8,10-12,15-17,19-21,24-28,31-32,59H,4-6,9,13-14,18,22-23,29-30,33-58H2,1-3H3/b10-7-,11-8-,15-12-,19-16-,20-17-,24-21-,27-25-,28-26-,32-31-. The molecule has 0 fully saturated rings. The highest BCUT2D eigenvalue weighted by molar-refractivity contribution is 5.70. The highest BCUT2D eigenvalue weighted by Crippen LogP contribution is 2.14. The molecule has 0 aliphatic heterocycles. The van der Waals surface area contributed by atoms with E-state index < -0.39 is 6.10 Å². The summed E-state index contributed by atoms with van der Waals surface area (Å²) in [5.41, 5.74) is 0. The predicted octanol–water partition coefficient (Wildman–Crippen LogP) is 18.8. The van der Waals surface area contributed by atoms with Crippen molar-refractivity contribution in [2.45, 2.75) is 245 Å². The molecule has 5 heteroatoms.